The van der Waals surface area contributed by atoms with Crippen LogP contribution >= 0.6 is 0 Å². The predicted molar refractivity (Wildman–Crippen MR) is 103 cm³/mol. The van der Waals surface area contributed by atoms with Gasteiger partial charge in [-0.05, 0) is 33.7 Å². The van der Waals surface area contributed by atoms with Gasteiger partial charge in [-0.3, -0.25) is 4.90 Å². The van der Waals surface area contributed by atoms with Gasteiger partial charge in [-0.15, -0.1) is 5.54 Å². The molecule has 1 aliphatic heterocycles. The van der Waals surface area contributed by atoms with Gasteiger partial charge in [0.2, 0.25) is 0 Å². The second-order valence-corrected chi connectivity index (χ2v) is 13.2. The molecule has 0 aliphatic carbocycles. The largest absolute Gasteiger partial charge is 0.444 e. The van der Waals surface area contributed by atoms with Crippen LogP contribution in [-0.4, -0.2) is 75.4 Å². The van der Waals surface area contributed by atoms with Crippen molar-refractivity contribution in [3.8, 4) is 11.5 Å². The van der Waals surface area contributed by atoms with Crippen molar-refractivity contribution in [2.75, 3.05) is 45.8 Å². The number of amides is 1. The van der Waals surface area contributed by atoms with E-state index in [1.807, 2.05) is 20.8 Å². The van der Waals surface area contributed by atoms with Crippen molar-refractivity contribution in [2.45, 2.75) is 52.4 Å². The van der Waals surface area contributed by atoms with Crippen molar-refractivity contribution in [1.82, 2.24) is 15.1 Å². The zero-order valence-corrected chi connectivity index (χ0v) is 17.4. The van der Waals surface area contributed by atoms with E-state index < -0.39 is 13.7 Å². The first-order valence-electron chi connectivity index (χ1n) is 8.97. The summed E-state index contributed by atoms with van der Waals surface area (Å²) in [5.74, 6) is 3.35. The first-order chi connectivity index (χ1) is 11.1. The number of hydrogen-bond donors (Lipinski definition) is 1. The summed E-state index contributed by atoms with van der Waals surface area (Å²) in [7, 11) is -1.24. The van der Waals surface area contributed by atoms with Crippen molar-refractivity contribution in [3.63, 3.8) is 0 Å². The Bertz CT molecular complexity index is 450. The summed E-state index contributed by atoms with van der Waals surface area (Å²) in [6.07, 6.45) is 0.627. The Kier molecular flexibility index (Phi) is 8.27. The topological polar surface area (TPSA) is 44.8 Å². The second-order valence-electron chi connectivity index (χ2n) is 8.45. The SMILES string of the molecule is CC(C)(C)OC(=O)NCCCN1CCN(CC#C[Si](C)(C)C)CC1. The highest BCUT2D eigenvalue weighted by Gasteiger charge is 2.17. The highest BCUT2D eigenvalue weighted by atomic mass is 28.3. The first kappa shape index (κ1) is 21.0. The van der Waals surface area contributed by atoms with Crippen LogP contribution in [0.5, 0.6) is 0 Å². The van der Waals surface area contributed by atoms with Gasteiger partial charge in [0, 0.05) is 32.7 Å². The van der Waals surface area contributed by atoms with Crippen LogP contribution in [0.25, 0.3) is 0 Å². The molecule has 0 aromatic carbocycles. The minimum absolute atomic E-state index is 0.326. The van der Waals surface area contributed by atoms with Gasteiger partial charge in [-0.1, -0.05) is 25.6 Å². The Balaban J connectivity index is 2.12. The summed E-state index contributed by atoms with van der Waals surface area (Å²) in [4.78, 5) is 16.5. The molecule has 1 N–H and O–H groups in total. The molecular weight excluding hydrogens is 318 g/mol. The van der Waals surface area contributed by atoms with Crippen LogP contribution in [0.2, 0.25) is 19.6 Å². The number of carbonyl (C=O) groups is 1. The van der Waals surface area contributed by atoms with Gasteiger partial charge in [0.05, 0.1) is 6.54 Å². The van der Waals surface area contributed by atoms with Crippen LogP contribution in [0, 0.1) is 11.5 Å². The molecule has 0 aromatic rings. The first-order valence-corrected chi connectivity index (χ1v) is 12.5. The molecule has 1 saturated heterocycles. The predicted octanol–water partition coefficient (Wildman–Crippen LogP) is 2.40. The van der Waals surface area contributed by atoms with E-state index in [-0.39, 0.29) is 6.09 Å². The van der Waals surface area contributed by atoms with Gasteiger partial charge in [-0.2, -0.15) is 0 Å². The van der Waals surface area contributed by atoms with Gasteiger partial charge in [0.25, 0.3) is 0 Å². The molecule has 0 radical (unpaired) electrons. The summed E-state index contributed by atoms with van der Waals surface area (Å²) in [6, 6.07) is 0. The maximum Gasteiger partial charge on any atom is 0.407 e. The number of rotatable bonds is 5. The third kappa shape index (κ3) is 10.7. The molecule has 138 valence electrons. The van der Waals surface area contributed by atoms with E-state index in [0.717, 1.165) is 45.7 Å². The van der Waals surface area contributed by atoms with Crippen molar-refractivity contribution in [3.05, 3.63) is 0 Å². The molecule has 1 fully saturated rings. The van der Waals surface area contributed by atoms with Gasteiger partial charge in [0.15, 0.2) is 0 Å². The lowest BCUT2D eigenvalue weighted by molar-refractivity contribution is 0.0524. The highest BCUT2D eigenvalue weighted by Crippen LogP contribution is 2.06. The van der Waals surface area contributed by atoms with Crippen LogP contribution in [0.15, 0.2) is 0 Å². The van der Waals surface area contributed by atoms with Crippen molar-refractivity contribution < 1.29 is 9.53 Å². The van der Waals surface area contributed by atoms with Crippen LogP contribution < -0.4 is 5.32 Å². The average molecular weight is 354 g/mol. The molecule has 0 bridgehead atoms. The fourth-order valence-electron chi connectivity index (χ4n) is 2.39. The van der Waals surface area contributed by atoms with Crippen LogP contribution in [0.3, 0.4) is 0 Å². The lowest BCUT2D eigenvalue weighted by Gasteiger charge is -2.33. The number of piperazine rings is 1. The number of ether oxygens (including phenoxy) is 1. The quantitative estimate of drug-likeness (QED) is 0.468. The van der Waals surface area contributed by atoms with Crippen LogP contribution in [0.4, 0.5) is 4.79 Å². The number of carbonyl (C=O) groups excluding carboxylic acids is 1. The minimum Gasteiger partial charge on any atom is -0.444 e. The number of alkyl carbamates (subject to hydrolysis) is 1. The minimum atomic E-state index is -1.24. The number of nitrogens with one attached hydrogen (secondary N) is 1. The Labute approximate surface area is 149 Å². The molecule has 1 rings (SSSR count). The lowest BCUT2D eigenvalue weighted by Crippen LogP contribution is -2.47. The van der Waals surface area contributed by atoms with Crippen molar-refractivity contribution >= 4 is 14.2 Å². The summed E-state index contributed by atoms with van der Waals surface area (Å²) in [5.41, 5.74) is 3.00. The molecule has 1 heterocycles. The standard InChI is InChI=1S/C18H35N3O2Si/c1-18(2,3)23-17(22)19-9-7-10-20-12-14-21(15-13-20)11-8-16-24(4,5)6/h7,9-15H2,1-6H3,(H,19,22). The van der Waals surface area contributed by atoms with Gasteiger partial charge in [0.1, 0.15) is 13.7 Å². The maximum atomic E-state index is 11.6. The molecule has 0 atom stereocenters. The summed E-state index contributed by atoms with van der Waals surface area (Å²) < 4.78 is 5.22. The lowest BCUT2D eigenvalue weighted by atomic mass is 10.2. The Morgan fingerprint density at radius 2 is 1.71 bits per heavy atom. The third-order valence-corrected chi connectivity index (χ3v) is 4.48. The zero-order valence-electron chi connectivity index (χ0n) is 16.4. The summed E-state index contributed by atoms with van der Waals surface area (Å²) in [5, 5.41) is 2.82. The Morgan fingerprint density at radius 1 is 1.12 bits per heavy atom. The van der Waals surface area contributed by atoms with Gasteiger partial charge in [-0.25, -0.2) is 4.79 Å². The van der Waals surface area contributed by atoms with E-state index in [2.05, 4.69) is 46.2 Å². The monoisotopic (exact) mass is 353 g/mol. The molecule has 1 aliphatic rings. The number of nitrogens with zero attached hydrogens (tertiary/aromatic N) is 2. The molecule has 6 heteroatoms. The molecule has 0 unspecified atom stereocenters. The van der Waals surface area contributed by atoms with Gasteiger partial charge < -0.3 is 15.0 Å². The highest BCUT2D eigenvalue weighted by molar-refractivity contribution is 6.83. The number of hydrogen-bond acceptors (Lipinski definition) is 4. The smallest absolute Gasteiger partial charge is 0.407 e. The van der Waals surface area contributed by atoms with E-state index in [0.29, 0.717) is 6.54 Å². The normalized spacial score (nSPS) is 17.1. The van der Waals surface area contributed by atoms with Crippen molar-refractivity contribution in [2.24, 2.45) is 0 Å². The molecule has 0 aromatic heterocycles. The fourth-order valence-corrected chi connectivity index (χ4v) is 3.00. The summed E-state index contributed by atoms with van der Waals surface area (Å²) >= 11 is 0. The zero-order chi connectivity index (χ0) is 18.2. The maximum absolute atomic E-state index is 11.6. The molecule has 24 heavy (non-hydrogen) atoms. The van der Waals surface area contributed by atoms with E-state index in [1.54, 1.807) is 0 Å². The Morgan fingerprint density at radius 3 is 2.25 bits per heavy atom. The van der Waals surface area contributed by atoms with Gasteiger partial charge >= 0.3 is 6.09 Å². The third-order valence-electron chi connectivity index (χ3n) is 3.55. The van der Waals surface area contributed by atoms with Crippen LogP contribution in [0.1, 0.15) is 27.2 Å². The van der Waals surface area contributed by atoms with E-state index >= 15 is 0 Å². The molecular formula is C18H35N3O2Si. The average Bonchev–Trinajstić information content (AvgIpc) is 2.42. The summed E-state index contributed by atoms with van der Waals surface area (Å²) in [6.45, 7) is 19.4. The molecule has 5 nitrogen and oxygen atoms in total. The van der Waals surface area contributed by atoms with Crippen molar-refractivity contribution in [1.29, 1.82) is 0 Å². The fraction of sp³-hybridized carbons (Fsp3) is 0.833. The molecule has 1 amide bonds. The van der Waals surface area contributed by atoms with E-state index in [9.17, 15) is 4.79 Å². The molecule has 0 spiro atoms. The van der Waals surface area contributed by atoms with Crippen LogP contribution in [-0.2, 0) is 4.74 Å². The Hall–Kier alpha value is -1.03. The van der Waals surface area contributed by atoms with E-state index in [4.69, 9.17) is 4.74 Å². The van der Waals surface area contributed by atoms with E-state index in [1.165, 1.54) is 0 Å². The second kappa shape index (κ2) is 9.45. The molecule has 0 saturated carbocycles.